The number of benzene rings is 2. The van der Waals surface area contributed by atoms with Gasteiger partial charge in [0.25, 0.3) is 0 Å². The van der Waals surface area contributed by atoms with E-state index in [1.54, 1.807) is 12.5 Å². The van der Waals surface area contributed by atoms with E-state index in [4.69, 9.17) is 11.4 Å². The predicted octanol–water partition coefficient (Wildman–Crippen LogP) is 3.75. The van der Waals surface area contributed by atoms with E-state index in [2.05, 4.69) is 46.4 Å². The van der Waals surface area contributed by atoms with E-state index >= 15 is 0 Å². The number of hydrazone groups is 1. The smallest absolute Gasteiger partial charge is 0.199 e. The van der Waals surface area contributed by atoms with Crippen molar-refractivity contribution in [2.45, 2.75) is 13.3 Å². The van der Waals surface area contributed by atoms with Crippen molar-refractivity contribution >= 4 is 5.84 Å². The second-order valence-corrected chi connectivity index (χ2v) is 5.31. The molecule has 0 fully saturated rings. The Balaban J connectivity index is 1.98. The molecular formula is C18H18N6. The monoisotopic (exact) mass is 318 g/mol. The molecule has 3 rings (SSSR count). The van der Waals surface area contributed by atoms with Gasteiger partial charge in [0.05, 0.1) is 6.33 Å². The van der Waals surface area contributed by atoms with E-state index in [9.17, 15) is 0 Å². The summed E-state index contributed by atoms with van der Waals surface area (Å²) in [5.41, 5.74) is 12.4. The minimum atomic E-state index is 0.228. The molecule has 24 heavy (non-hydrogen) atoms. The average molecular weight is 318 g/mol. The molecule has 6 heteroatoms. The highest BCUT2D eigenvalue weighted by molar-refractivity contribution is 5.99. The Morgan fingerprint density at radius 3 is 2.58 bits per heavy atom. The molecule has 0 unspecified atom stereocenters. The molecule has 0 atom stereocenters. The molecule has 0 aliphatic carbocycles. The van der Waals surface area contributed by atoms with Crippen molar-refractivity contribution < 1.29 is 0 Å². The van der Waals surface area contributed by atoms with Crippen molar-refractivity contribution in [2.75, 3.05) is 0 Å². The SMILES string of the molecule is CCc1cc(C(N=N)=NN)ccc1-c1ccc(-n2ccnc2)cc1. The third kappa shape index (κ3) is 2.94. The van der Waals surface area contributed by atoms with Crippen molar-refractivity contribution in [2.24, 2.45) is 16.1 Å². The van der Waals surface area contributed by atoms with Crippen molar-refractivity contribution in [1.82, 2.24) is 9.55 Å². The maximum absolute atomic E-state index is 7.14. The van der Waals surface area contributed by atoms with Crippen LogP contribution >= 0.6 is 0 Å². The van der Waals surface area contributed by atoms with E-state index < -0.39 is 0 Å². The molecule has 0 spiro atoms. The van der Waals surface area contributed by atoms with Crippen molar-refractivity contribution in [3.63, 3.8) is 0 Å². The van der Waals surface area contributed by atoms with Crippen molar-refractivity contribution in [1.29, 1.82) is 5.53 Å². The molecule has 0 saturated carbocycles. The Labute approximate surface area is 140 Å². The molecular weight excluding hydrogens is 300 g/mol. The van der Waals surface area contributed by atoms with Gasteiger partial charge in [0.2, 0.25) is 0 Å². The minimum Gasteiger partial charge on any atom is -0.321 e. The first-order chi connectivity index (χ1) is 11.8. The van der Waals surface area contributed by atoms with E-state index in [0.29, 0.717) is 0 Å². The number of nitrogens with two attached hydrogens (primary N) is 1. The molecule has 1 aromatic heterocycles. The van der Waals surface area contributed by atoms with E-state index in [0.717, 1.165) is 34.4 Å². The quantitative estimate of drug-likeness (QED) is 0.252. The first-order valence-electron chi connectivity index (χ1n) is 7.64. The zero-order valence-corrected chi connectivity index (χ0v) is 13.3. The van der Waals surface area contributed by atoms with Crippen LogP contribution in [-0.2, 0) is 6.42 Å². The number of amidine groups is 1. The lowest BCUT2D eigenvalue weighted by atomic mass is 9.95. The number of hydrogen-bond donors (Lipinski definition) is 2. The van der Waals surface area contributed by atoms with Gasteiger partial charge in [-0.15, -0.1) is 5.11 Å². The lowest BCUT2D eigenvalue weighted by Crippen LogP contribution is -2.02. The highest BCUT2D eigenvalue weighted by atomic mass is 15.2. The fourth-order valence-corrected chi connectivity index (χ4v) is 2.70. The molecule has 120 valence electrons. The van der Waals surface area contributed by atoms with Gasteiger partial charge in [0, 0.05) is 23.6 Å². The Morgan fingerprint density at radius 2 is 2.00 bits per heavy atom. The molecule has 0 aliphatic rings. The third-order valence-corrected chi connectivity index (χ3v) is 3.95. The van der Waals surface area contributed by atoms with Gasteiger partial charge >= 0.3 is 0 Å². The summed E-state index contributed by atoms with van der Waals surface area (Å²) in [5.74, 6) is 5.51. The molecule has 2 aromatic carbocycles. The Bertz CT molecular complexity index is 863. The fourth-order valence-electron chi connectivity index (χ4n) is 2.70. The molecule has 3 N–H and O–H groups in total. The largest absolute Gasteiger partial charge is 0.321 e. The number of aryl methyl sites for hydroxylation is 1. The van der Waals surface area contributed by atoms with E-state index in [1.165, 1.54) is 0 Å². The molecule has 3 aromatic rings. The number of rotatable bonds is 4. The molecule has 1 heterocycles. The average Bonchev–Trinajstić information content (AvgIpc) is 3.17. The van der Waals surface area contributed by atoms with Gasteiger partial charge in [0.15, 0.2) is 5.84 Å². The summed E-state index contributed by atoms with van der Waals surface area (Å²) in [5, 5.41) is 6.91. The Morgan fingerprint density at radius 1 is 1.21 bits per heavy atom. The first-order valence-corrected chi connectivity index (χ1v) is 7.64. The van der Waals surface area contributed by atoms with Gasteiger partial charge in [-0.1, -0.05) is 31.2 Å². The molecule has 0 radical (unpaired) electrons. The maximum atomic E-state index is 7.14. The van der Waals surface area contributed by atoms with Crippen LogP contribution in [0.3, 0.4) is 0 Å². The van der Waals surface area contributed by atoms with Crippen LogP contribution in [0.25, 0.3) is 16.8 Å². The van der Waals surface area contributed by atoms with Crippen LogP contribution in [0.2, 0.25) is 0 Å². The number of aromatic nitrogens is 2. The number of imidazole rings is 1. The highest BCUT2D eigenvalue weighted by Crippen LogP contribution is 2.26. The van der Waals surface area contributed by atoms with E-state index in [-0.39, 0.29) is 5.84 Å². The zero-order valence-electron chi connectivity index (χ0n) is 13.3. The molecule has 6 nitrogen and oxygen atoms in total. The number of nitrogens with one attached hydrogen (secondary N) is 1. The maximum Gasteiger partial charge on any atom is 0.199 e. The van der Waals surface area contributed by atoms with Crippen LogP contribution in [0.1, 0.15) is 18.1 Å². The fraction of sp³-hybridized carbons (Fsp3) is 0.111. The summed E-state index contributed by atoms with van der Waals surface area (Å²) in [6, 6.07) is 14.2. The van der Waals surface area contributed by atoms with E-state index in [1.807, 2.05) is 29.0 Å². The summed E-state index contributed by atoms with van der Waals surface area (Å²) in [6.07, 6.45) is 6.32. The van der Waals surface area contributed by atoms with Crippen molar-refractivity contribution in [3.8, 4) is 16.8 Å². The first kappa shape index (κ1) is 15.6. The Hall–Kier alpha value is -3.28. The topological polar surface area (TPSA) is 92.4 Å². The van der Waals surface area contributed by atoms with Gasteiger partial charge in [0.1, 0.15) is 0 Å². The van der Waals surface area contributed by atoms with Crippen molar-refractivity contribution in [3.05, 3.63) is 72.3 Å². The summed E-state index contributed by atoms with van der Waals surface area (Å²) >= 11 is 0. The van der Waals surface area contributed by atoms with Gasteiger partial charge in [-0.05, 0) is 41.3 Å². The molecule has 0 amide bonds. The lowest BCUT2D eigenvalue weighted by Gasteiger charge is -2.11. The second-order valence-electron chi connectivity index (χ2n) is 5.31. The van der Waals surface area contributed by atoms with Crippen LogP contribution in [0, 0.1) is 5.53 Å². The van der Waals surface area contributed by atoms with Gasteiger partial charge in [-0.3, -0.25) is 0 Å². The third-order valence-electron chi connectivity index (χ3n) is 3.95. The van der Waals surface area contributed by atoms with Crippen LogP contribution < -0.4 is 5.84 Å². The molecule has 0 saturated heterocycles. The van der Waals surface area contributed by atoms with Crippen LogP contribution in [0.15, 0.2) is 71.4 Å². The normalized spacial score (nSPS) is 11.5. The summed E-state index contributed by atoms with van der Waals surface area (Å²) in [4.78, 5) is 4.07. The summed E-state index contributed by atoms with van der Waals surface area (Å²) in [6.45, 7) is 2.10. The van der Waals surface area contributed by atoms with Crippen LogP contribution in [0.4, 0.5) is 0 Å². The Kier molecular flexibility index (Phi) is 4.47. The standard InChI is InChI=1S/C18H18N6/c1-2-13-11-15(18(22-19)23-20)5-8-17(13)14-3-6-16(7-4-14)24-10-9-21-12-24/h3-12,19H,2,20H2,1H3. The van der Waals surface area contributed by atoms with Crippen LogP contribution in [-0.4, -0.2) is 15.4 Å². The lowest BCUT2D eigenvalue weighted by molar-refractivity contribution is 1.06. The van der Waals surface area contributed by atoms with Crippen LogP contribution in [0.5, 0.6) is 0 Å². The molecule has 0 bridgehead atoms. The number of nitrogens with zero attached hydrogens (tertiary/aromatic N) is 4. The summed E-state index contributed by atoms with van der Waals surface area (Å²) in [7, 11) is 0. The van der Waals surface area contributed by atoms with Gasteiger partial charge in [-0.25, -0.2) is 10.5 Å². The zero-order chi connectivity index (χ0) is 16.9. The molecule has 0 aliphatic heterocycles. The van der Waals surface area contributed by atoms with Gasteiger partial charge < -0.3 is 10.4 Å². The summed E-state index contributed by atoms with van der Waals surface area (Å²) < 4.78 is 1.97. The highest BCUT2D eigenvalue weighted by Gasteiger charge is 2.09. The number of hydrogen-bond acceptors (Lipinski definition) is 4. The minimum absolute atomic E-state index is 0.228. The second kappa shape index (κ2) is 6.87. The van der Waals surface area contributed by atoms with Gasteiger partial charge in [-0.2, -0.15) is 5.10 Å². The predicted molar refractivity (Wildman–Crippen MR) is 94.3 cm³/mol.